The van der Waals surface area contributed by atoms with Crippen LogP contribution in [-0.4, -0.2) is 105 Å². The minimum Gasteiger partial charge on any atom is -0.493 e. The lowest BCUT2D eigenvalue weighted by Gasteiger charge is -2.32. The SMILES string of the molecule is COc1cc2c(cc1OCCCOc1cc3c(cc1OC)C(=O)N1c4cc(OCC(C)(C)COC(C)(C)CCC(=O)ON5C(=O)CCC5=O)ccc4C[C@H]1C=N3)N=C[C@@H]1Cc3ccccc3N1C2=O. The van der Waals surface area contributed by atoms with E-state index in [1.807, 2.05) is 76.4 Å². The predicted octanol–water partition coefficient (Wildman–Crippen LogP) is 7.71. The zero-order chi connectivity index (χ0) is 48.6. The molecule has 0 N–H and O–H groups in total. The van der Waals surface area contributed by atoms with Crippen LogP contribution in [0, 0.1) is 5.41 Å². The molecule has 1 fully saturated rings. The van der Waals surface area contributed by atoms with Crippen LogP contribution in [0.15, 0.2) is 76.7 Å². The minimum atomic E-state index is -0.708. The van der Waals surface area contributed by atoms with Gasteiger partial charge >= 0.3 is 5.97 Å². The number of ether oxygens (including phenoxy) is 6. The van der Waals surface area contributed by atoms with Crippen LogP contribution in [0.25, 0.3) is 0 Å². The maximum Gasteiger partial charge on any atom is 0.333 e. The van der Waals surface area contributed by atoms with Gasteiger partial charge in [0.1, 0.15) is 5.75 Å². The van der Waals surface area contributed by atoms with Gasteiger partial charge in [-0.2, -0.15) is 0 Å². The maximum atomic E-state index is 14.4. The van der Waals surface area contributed by atoms with Gasteiger partial charge in [0.15, 0.2) is 23.0 Å². The second-order valence-electron chi connectivity index (χ2n) is 19.0. The Bertz CT molecular complexity index is 2770. The van der Waals surface area contributed by atoms with Crippen molar-refractivity contribution in [3.8, 4) is 28.7 Å². The molecule has 0 bridgehead atoms. The molecule has 5 heterocycles. The van der Waals surface area contributed by atoms with E-state index in [1.54, 1.807) is 40.3 Å². The lowest BCUT2D eigenvalue weighted by atomic mass is 9.95. The van der Waals surface area contributed by atoms with Crippen molar-refractivity contribution in [3.63, 3.8) is 0 Å². The third-order valence-corrected chi connectivity index (χ3v) is 12.7. The van der Waals surface area contributed by atoms with Crippen molar-refractivity contribution in [1.29, 1.82) is 0 Å². The molecular formula is C52H55N5O12. The highest BCUT2D eigenvalue weighted by Crippen LogP contribution is 2.44. The Morgan fingerprint density at radius 2 is 1.23 bits per heavy atom. The van der Waals surface area contributed by atoms with Crippen LogP contribution in [0.5, 0.6) is 28.7 Å². The third-order valence-electron chi connectivity index (χ3n) is 12.7. The van der Waals surface area contributed by atoms with E-state index in [2.05, 4.69) is 0 Å². The molecule has 9 rings (SSSR count). The zero-order valence-electron chi connectivity index (χ0n) is 39.6. The molecule has 1 saturated heterocycles. The number of hydrogen-bond acceptors (Lipinski definition) is 14. The summed E-state index contributed by atoms with van der Waals surface area (Å²) < 4.78 is 36.2. The summed E-state index contributed by atoms with van der Waals surface area (Å²) in [5, 5.41) is 0.551. The number of carbonyl (C=O) groups is 5. The summed E-state index contributed by atoms with van der Waals surface area (Å²) in [6.45, 7) is 8.89. The van der Waals surface area contributed by atoms with Crippen LogP contribution in [0.4, 0.5) is 22.7 Å². The Labute approximate surface area is 399 Å². The number of anilines is 2. The minimum absolute atomic E-state index is 0.0346. The van der Waals surface area contributed by atoms with Gasteiger partial charge in [-0.05, 0) is 55.7 Å². The molecule has 0 aromatic heterocycles. The first-order valence-electron chi connectivity index (χ1n) is 23.1. The fourth-order valence-electron chi connectivity index (χ4n) is 8.90. The number of hydrogen-bond donors (Lipinski definition) is 0. The second-order valence-corrected chi connectivity index (χ2v) is 19.0. The normalized spacial score (nSPS) is 17.9. The summed E-state index contributed by atoms with van der Waals surface area (Å²) in [7, 11) is 3.06. The van der Waals surface area contributed by atoms with Gasteiger partial charge in [-0.1, -0.05) is 38.1 Å². The van der Waals surface area contributed by atoms with E-state index in [-0.39, 0.29) is 56.4 Å². The standard InChI is InChI=1S/C52H55N5O12/c1-51(2,30-68-52(3,4)17-16-48(60)69-57-46(58)14-15-47(57)59)29-67-35-13-12-32-21-34-28-54-39-26-45(43(64-6)24-37(39)50(62)56(34)41(32)22-35)66-19-9-18-65-44-25-38-36(23-42(44)63-5)49(61)55-33(27-53-38)20-31-10-7-8-11-40(31)55/h7-8,10-13,22-28,33-34H,9,14-21,29-30H2,1-6H3/t33-,34-/m0/s1. The summed E-state index contributed by atoms with van der Waals surface area (Å²) in [4.78, 5) is 82.2. The Morgan fingerprint density at radius 1 is 0.667 bits per heavy atom. The molecule has 0 unspecified atom stereocenters. The zero-order valence-corrected chi connectivity index (χ0v) is 39.6. The summed E-state index contributed by atoms with van der Waals surface area (Å²) >= 11 is 0. The second kappa shape index (κ2) is 19.0. The molecule has 4 amide bonds. The van der Waals surface area contributed by atoms with Gasteiger partial charge in [0, 0.05) is 73.8 Å². The monoisotopic (exact) mass is 941 g/mol. The summed E-state index contributed by atoms with van der Waals surface area (Å²) in [6.07, 6.45) is 5.72. The predicted molar refractivity (Wildman–Crippen MR) is 255 cm³/mol. The van der Waals surface area contributed by atoms with Crippen molar-refractivity contribution < 1.29 is 57.2 Å². The first-order chi connectivity index (χ1) is 33.1. The molecule has 2 atom stereocenters. The van der Waals surface area contributed by atoms with E-state index in [0.29, 0.717) is 95.2 Å². The highest BCUT2D eigenvalue weighted by Gasteiger charge is 2.39. The molecule has 360 valence electrons. The summed E-state index contributed by atoms with van der Waals surface area (Å²) in [5.74, 6) is 0.207. The van der Waals surface area contributed by atoms with Crippen LogP contribution < -0.4 is 33.5 Å². The number of nitrogens with zero attached hydrogens (tertiary/aromatic N) is 5. The molecule has 0 aliphatic carbocycles. The molecule has 0 radical (unpaired) electrons. The van der Waals surface area contributed by atoms with E-state index >= 15 is 0 Å². The highest BCUT2D eigenvalue weighted by molar-refractivity contribution is 6.16. The quantitative estimate of drug-likeness (QED) is 0.0700. The Hall–Kier alpha value is -7.27. The van der Waals surface area contributed by atoms with Crippen molar-refractivity contribution in [2.75, 3.05) is 50.4 Å². The number of aliphatic imine (C=N–C) groups is 2. The van der Waals surface area contributed by atoms with Crippen LogP contribution in [0.1, 0.15) is 91.6 Å². The highest BCUT2D eigenvalue weighted by atomic mass is 16.7. The first kappa shape index (κ1) is 46.8. The van der Waals surface area contributed by atoms with E-state index in [9.17, 15) is 24.0 Å². The number of imide groups is 1. The van der Waals surface area contributed by atoms with Crippen molar-refractivity contribution >= 4 is 64.8 Å². The van der Waals surface area contributed by atoms with Crippen molar-refractivity contribution in [1.82, 2.24) is 5.06 Å². The fourth-order valence-corrected chi connectivity index (χ4v) is 8.90. The van der Waals surface area contributed by atoms with Gasteiger partial charge in [-0.3, -0.25) is 39.0 Å². The number of benzene rings is 4. The maximum absolute atomic E-state index is 14.4. The molecule has 0 spiro atoms. The van der Waals surface area contributed by atoms with Crippen LogP contribution in [0.2, 0.25) is 0 Å². The number of hydroxylamine groups is 2. The van der Waals surface area contributed by atoms with E-state index in [0.717, 1.165) is 22.5 Å². The lowest BCUT2D eigenvalue weighted by Crippen LogP contribution is -2.37. The van der Waals surface area contributed by atoms with Crippen LogP contribution >= 0.6 is 0 Å². The van der Waals surface area contributed by atoms with Crippen molar-refractivity contribution in [2.45, 2.75) is 90.3 Å². The number of para-hydroxylation sites is 1. The third kappa shape index (κ3) is 9.73. The Balaban J connectivity index is 0.786. The summed E-state index contributed by atoms with van der Waals surface area (Å²) in [6, 6.07) is 20.0. The van der Waals surface area contributed by atoms with Crippen molar-refractivity contribution in [3.05, 3.63) is 89.0 Å². The number of fused-ring (bicyclic) bond motifs is 8. The van der Waals surface area contributed by atoms with Crippen LogP contribution in [-0.2, 0) is 36.8 Å². The molecule has 17 nitrogen and oxygen atoms in total. The smallest absolute Gasteiger partial charge is 0.333 e. The molecule has 4 aromatic rings. The van der Waals surface area contributed by atoms with Crippen molar-refractivity contribution in [2.24, 2.45) is 15.4 Å². The van der Waals surface area contributed by atoms with Gasteiger partial charge in [0.25, 0.3) is 23.6 Å². The molecular weight excluding hydrogens is 887 g/mol. The number of amides is 4. The first-order valence-corrected chi connectivity index (χ1v) is 23.1. The van der Waals surface area contributed by atoms with Gasteiger partial charge < -0.3 is 33.3 Å². The largest absolute Gasteiger partial charge is 0.493 e. The van der Waals surface area contributed by atoms with E-state index in [1.165, 1.54) is 14.2 Å². The van der Waals surface area contributed by atoms with Gasteiger partial charge in [0.05, 0.1) is 92.9 Å². The molecule has 17 heteroatoms. The molecule has 69 heavy (non-hydrogen) atoms. The number of methoxy groups -OCH3 is 2. The summed E-state index contributed by atoms with van der Waals surface area (Å²) in [5.41, 5.74) is 4.35. The lowest BCUT2D eigenvalue weighted by molar-refractivity contribution is -0.198. The average molecular weight is 942 g/mol. The van der Waals surface area contributed by atoms with E-state index in [4.69, 9.17) is 43.2 Å². The van der Waals surface area contributed by atoms with Crippen LogP contribution in [0.3, 0.4) is 0 Å². The Morgan fingerprint density at radius 3 is 1.83 bits per heavy atom. The van der Waals surface area contributed by atoms with E-state index < -0.39 is 28.8 Å². The fraction of sp³-hybridized carbons (Fsp3) is 0.404. The van der Waals surface area contributed by atoms with Gasteiger partial charge in [0.2, 0.25) is 0 Å². The number of carbonyl (C=O) groups excluding carboxylic acids is 5. The van der Waals surface area contributed by atoms with Gasteiger partial charge in [-0.15, -0.1) is 5.06 Å². The van der Waals surface area contributed by atoms with Gasteiger partial charge in [-0.25, -0.2) is 4.79 Å². The molecule has 5 aliphatic rings. The molecule has 0 saturated carbocycles. The average Bonchev–Trinajstić information content (AvgIpc) is 3.95. The molecule has 5 aliphatic heterocycles. The Kier molecular flexibility index (Phi) is 12.9. The topological polar surface area (TPSA) is 184 Å². The number of rotatable bonds is 18. The molecule has 4 aromatic carbocycles.